The van der Waals surface area contributed by atoms with E-state index < -0.39 is 0 Å². The molecule has 1 aromatic carbocycles. The van der Waals surface area contributed by atoms with Crippen LogP contribution in [0.4, 0.5) is 0 Å². The molecule has 0 saturated carbocycles. The first-order valence-corrected chi connectivity index (χ1v) is 5.10. The van der Waals surface area contributed by atoms with Gasteiger partial charge in [-0.3, -0.25) is 0 Å². The molecule has 1 aliphatic rings. The second kappa shape index (κ2) is 3.02. The summed E-state index contributed by atoms with van der Waals surface area (Å²) in [5, 5.41) is 0. The van der Waals surface area contributed by atoms with E-state index in [0.29, 0.717) is 5.92 Å². The van der Waals surface area contributed by atoms with Crippen molar-refractivity contribution < 1.29 is 4.74 Å². The molecule has 0 saturated heterocycles. The molecular formula is C10H12OS. The van der Waals surface area contributed by atoms with Crippen molar-refractivity contribution >= 4 is 11.8 Å². The smallest absolute Gasteiger partial charge is 0.119 e. The lowest BCUT2D eigenvalue weighted by Gasteiger charge is -2.05. The van der Waals surface area contributed by atoms with Gasteiger partial charge < -0.3 is 4.74 Å². The van der Waals surface area contributed by atoms with Crippen molar-refractivity contribution in [1.29, 1.82) is 0 Å². The Morgan fingerprint density at radius 3 is 3.08 bits per heavy atom. The quantitative estimate of drug-likeness (QED) is 0.657. The van der Waals surface area contributed by atoms with Crippen LogP contribution >= 0.6 is 11.8 Å². The van der Waals surface area contributed by atoms with Crippen molar-refractivity contribution in [3.05, 3.63) is 23.8 Å². The highest BCUT2D eigenvalue weighted by molar-refractivity contribution is 7.99. The molecule has 2 heteroatoms. The molecular weight excluding hydrogens is 168 g/mol. The third-order valence-corrected chi connectivity index (χ3v) is 3.59. The monoisotopic (exact) mass is 180 g/mol. The van der Waals surface area contributed by atoms with Crippen LogP contribution in [0.25, 0.3) is 0 Å². The van der Waals surface area contributed by atoms with Gasteiger partial charge in [0.15, 0.2) is 0 Å². The van der Waals surface area contributed by atoms with Crippen LogP contribution in [0.3, 0.4) is 0 Å². The first kappa shape index (κ1) is 7.99. The van der Waals surface area contributed by atoms with E-state index in [1.807, 2.05) is 17.8 Å². The number of methoxy groups -OCH3 is 1. The lowest BCUT2D eigenvalue weighted by Crippen LogP contribution is -1.90. The maximum atomic E-state index is 5.18. The van der Waals surface area contributed by atoms with Gasteiger partial charge in [-0.25, -0.2) is 0 Å². The van der Waals surface area contributed by atoms with Crippen LogP contribution in [0, 0.1) is 0 Å². The Bertz CT molecular complexity index is 296. The van der Waals surface area contributed by atoms with E-state index in [1.54, 1.807) is 7.11 Å². The zero-order valence-electron chi connectivity index (χ0n) is 7.33. The molecule has 0 amide bonds. The van der Waals surface area contributed by atoms with Gasteiger partial charge in [-0.2, -0.15) is 0 Å². The predicted octanol–water partition coefficient (Wildman–Crippen LogP) is 2.90. The van der Waals surface area contributed by atoms with Gasteiger partial charge in [-0.1, -0.05) is 6.92 Å². The summed E-state index contributed by atoms with van der Waals surface area (Å²) in [5.41, 5.74) is 1.44. The Morgan fingerprint density at radius 1 is 1.50 bits per heavy atom. The summed E-state index contributed by atoms with van der Waals surface area (Å²) in [6.45, 7) is 2.26. The Balaban J connectivity index is 2.43. The van der Waals surface area contributed by atoms with E-state index in [9.17, 15) is 0 Å². The summed E-state index contributed by atoms with van der Waals surface area (Å²) in [6, 6.07) is 6.34. The van der Waals surface area contributed by atoms with Gasteiger partial charge in [0.2, 0.25) is 0 Å². The zero-order valence-corrected chi connectivity index (χ0v) is 8.15. The normalized spacial score (nSPS) is 20.7. The predicted molar refractivity (Wildman–Crippen MR) is 52.1 cm³/mol. The van der Waals surface area contributed by atoms with Gasteiger partial charge in [0.25, 0.3) is 0 Å². The largest absolute Gasteiger partial charge is 0.497 e. The molecule has 1 aromatic rings. The fourth-order valence-electron chi connectivity index (χ4n) is 1.47. The number of benzene rings is 1. The SMILES string of the molecule is COc1ccc2c(c1)C(C)CS2. The van der Waals surface area contributed by atoms with E-state index in [4.69, 9.17) is 4.74 Å². The first-order valence-electron chi connectivity index (χ1n) is 4.12. The van der Waals surface area contributed by atoms with Crippen LogP contribution < -0.4 is 4.74 Å². The van der Waals surface area contributed by atoms with Crippen molar-refractivity contribution in [3.8, 4) is 5.75 Å². The molecule has 12 heavy (non-hydrogen) atoms. The molecule has 2 rings (SSSR count). The van der Waals surface area contributed by atoms with Crippen molar-refractivity contribution in [1.82, 2.24) is 0 Å². The lowest BCUT2D eigenvalue weighted by molar-refractivity contribution is 0.413. The van der Waals surface area contributed by atoms with Crippen LogP contribution in [0.2, 0.25) is 0 Å². The standard InChI is InChI=1S/C10H12OS/c1-7-6-12-10-4-3-8(11-2)5-9(7)10/h3-5,7H,6H2,1-2H3. The molecule has 0 fully saturated rings. The highest BCUT2D eigenvalue weighted by atomic mass is 32.2. The van der Waals surface area contributed by atoms with Gasteiger partial charge in [0.05, 0.1) is 7.11 Å². The maximum Gasteiger partial charge on any atom is 0.119 e. The van der Waals surface area contributed by atoms with E-state index in [-0.39, 0.29) is 0 Å². The fourth-order valence-corrected chi connectivity index (χ4v) is 2.67. The number of hydrogen-bond donors (Lipinski definition) is 0. The molecule has 1 aliphatic heterocycles. The number of ether oxygens (including phenoxy) is 1. The van der Waals surface area contributed by atoms with Crippen molar-refractivity contribution in [2.75, 3.05) is 12.9 Å². The van der Waals surface area contributed by atoms with Gasteiger partial charge in [0, 0.05) is 10.6 Å². The molecule has 1 nitrogen and oxygen atoms in total. The number of thioether (sulfide) groups is 1. The third-order valence-electron chi connectivity index (χ3n) is 2.24. The summed E-state index contributed by atoms with van der Waals surface area (Å²) >= 11 is 1.94. The average molecular weight is 180 g/mol. The number of fused-ring (bicyclic) bond motifs is 1. The van der Waals surface area contributed by atoms with Crippen molar-refractivity contribution in [2.24, 2.45) is 0 Å². The van der Waals surface area contributed by atoms with E-state index in [0.717, 1.165) is 5.75 Å². The summed E-state index contributed by atoms with van der Waals surface area (Å²) in [5.74, 6) is 2.87. The molecule has 1 heterocycles. The topological polar surface area (TPSA) is 9.23 Å². The molecule has 1 atom stereocenters. The minimum atomic E-state index is 0.681. The Kier molecular flexibility index (Phi) is 2.01. The molecule has 0 N–H and O–H groups in total. The van der Waals surface area contributed by atoms with E-state index in [2.05, 4.69) is 19.1 Å². The van der Waals surface area contributed by atoms with Crippen LogP contribution in [-0.4, -0.2) is 12.9 Å². The van der Waals surface area contributed by atoms with E-state index in [1.165, 1.54) is 16.2 Å². The number of hydrogen-bond acceptors (Lipinski definition) is 2. The lowest BCUT2D eigenvalue weighted by atomic mass is 10.0. The molecule has 0 bridgehead atoms. The zero-order chi connectivity index (χ0) is 8.55. The van der Waals surface area contributed by atoms with Crippen LogP contribution in [-0.2, 0) is 0 Å². The fraction of sp³-hybridized carbons (Fsp3) is 0.400. The van der Waals surface area contributed by atoms with Gasteiger partial charge in [0.1, 0.15) is 5.75 Å². The maximum absolute atomic E-state index is 5.18. The highest BCUT2D eigenvalue weighted by Crippen LogP contribution is 2.40. The van der Waals surface area contributed by atoms with Gasteiger partial charge in [-0.15, -0.1) is 11.8 Å². The molecule has 0 spiro atoms. The average Bonchev–Trinajstić information content (AvgIpc) is 2.47. The number of rotatable bonds is 1. The summed E-state index contributed by atoms with van der Waals surface area (Å²) in [4.78, 5) is 1.42. The third kappa shape index (κ3) is 1.20. The van der Waals surface area contributed by atoms with E-state index >= 15 is 0 Å². The Labute approximate surface area is 77.1 Å². The first-order chi connectivity index (χ1) is 5.81. The van der Waals surface area contributed by atoms with Crippen molar-refractivity contribution in [3.63, 3.8) is 0 Å². The molecule has 64 valence electrons. The molecule has 0 aromatic heterocycles. The van der Waals surface area contributed by atoms with Crippen LogP contribution in [0.15, 0.2) is 23.1 Å². The molecule has 0 radical (unpaired) electrons. The summed E-state index contributed by atoms with van der Waals surface area (Å²) < 4.78 is 5.18. The highest BCUT2D eigenvalue weighted by Gasteiger charge is 2.19. The van der Waals surface area contributed by atoms with Crippen molar-refractivity contribution in [2.45, 2.75) is 17.7 Å². The van der Waals surface area contributed by atoms with Crippen LogP contribution in [0.5, 0.6) is 5.75 Å². The van der Waals surface area contributed by atoms with Crippen LogP contribution in [0.1, 0.15) is 18.4 Å². The summed E-state index contributed by atoms with van der Waals surface area (Å²) in [7, 11) is 1.72. The second-order valence-corrected chi connectivity index (χ2v) is 4.18. The minimum absolute atomic E-state index is 0.681. The summed E-state index contributed by atoms with van der Waals surface area (Å²) in [6.07, 6.45) is 0. The van der Waals surface area contributed by atoms with Gasteiger partial charge in [-0.05, 0) is 29.7 Å². The molecule has 0 aliphatic carbocycles. The molecule has 1 unspecified atom stereocenters. The van der Waals surface area contributed by atoms with Gasteiger partial charge >= 0.3 is 0 Å². The minimum Gasteiger partial charge on any atom is -0.497 e. The Hall–Kier alpha value is -0.630. The Morgan fingerprint density at radius 2 is 2.33 bits per heavy atom. The second-order valence-electron chi connectivity index (χ2n) is 3.12.